The van der Waals surface area contributed by atoms with Crippen LogP contribution in [0.3, 0.4) is 0 Å². The number of imide groups is 1. The number of carbonyl (C=O) groups excluding carboxylic acids is 4. The lowest BCUT2D eigenvalue weighted by atomic mass is 9.81. The zero-order valence-electron chi connectivity index (χ0n) is 16.6. The number of ether oxygens (including phenoxy) is 1. The highest BCUT2D eigenvalue weighted by Gasteiger charge is 2.60. The molecule has 2 saturated carbocycles. The van der Waals surface area contributed by atoms with Gasteiger partial charge in [-0.3, -0.25) is 24.1 Å². The van der Waals surface area contributed by atoms with Crippen LogP contribution in [0.15, 0.2) is 24.3 Å². The Morgan fingerprint density at radius 1 is 1.07 bits per heavy atom. The fraction of sp³-hybridized carbons (Fsp3) is 0.545. The predicted octanol–water partition coefficient (Wildman–Crippen LogP) is 2.15. The van der Waals surface area contributed by atoms with Crippen LogP contribution in [-0.4, -0.2) is 41.7 Å². The van der Waals surface area contributed by atoms with Crippen molar-refractivity contribution >= 4 is 29.4 Å². The second-order valence-corrected chi connectivity index (χ2v) is 8.22. The summed E-state index contributed by atoms with van der Waals surface area (Å²) >= 11 is 0. The third-order valence-corrected chi connectivity index (χ3v) is 6.57. The number of nitrogens with one attached hydrogen (secondary N) is 1. The van der Waals surface area contributed by atoms with Gasteiger partial charge < -0.3 is 10.1 Å². The molecule has 1 aromatic carbocycles. The van der Waals surface area contributed by atoms with E-state index in [-0.39, 0.29) is 36.6 Å². The summed E-state index contributed by atoms with van der Waals surface area (Å²) in [6.45, 7) is 1.68. The molecule has 0 aromatic heterocycles. The summed E-state index contributed by atoms with van der Waals surface area (Å²) in [5.74, 6) is -0.989. The van der Waals surface area contributed by atoms with Crippen LogP contribution in [0.4, 0.5) is 5.69 Å². The van der Waals surface area contributed by atoms with Crippen molar-refractivity contribution in [2.45, 2.75) is 39.0 Å². The molecule has 3 amide bonds. The van der Waals surface area contributed by atoms with E-state index in [1.807, 2.05) is 19.1 Å². The number of nitrogens with zero attached hydrogens (tertiary/aromatic N) is 1. The Hall–Kier alpha value is -2.70. The van der Waals surface area contributed by atoms with E-state index in [1.165, 1.54) is 4.90 Å². The number of esters is 1. The molecule has 7 nitrogen and oxygen atoms in total. The molecule has 2 aliphatic carbocycles. The van der Waals surface area contributed by atoms with E-state index in [0.717, 1.165) is 31.2 Å². The number of anilines is 1. The third-order valence-electron chi connectivity index (χ3n) is 6.57. The lowest BCUT2D eigenvalue weighted by Crippen LogP contribution is -2.35. The summed E-state index contributed by atoms with van der Waals surface area (Å²) < 4.78 is 5.00. The maximum Gasteiger partial charge on any atom is 0.308 e. The summed E-state index contributed by atoms with van der Waals surface area (Å²) in [4.78, 5) is 50.4. The molecule has 154 valence electrons. The molecule has 7 heteroatoms. The number of rotatable bonds is 7. The van der Waals surface area contributed by atoms with E-state index in [4.69, 9.17) is 4.74 Å². The number of fused-ring (bicyclic) bond motifs is 5. The number of benzene rings is 1. The van der Waals surface area contributed by atoms with Crippen molar-refractivity contribution in [3.05, 3.63) is 29.8 Å². The van der Waals surface area contributed by atoms with Gasteiger partial charge >= 0.3 is 5.97 Å². The van der Waals surface area contributed by atoms with E-state index in [0.29, 0.717) is 17.5 Å². The van der Waals surface area contributed by atoms with Gasteiger partial charge in [0, 0.05) is 12.2 Å². The Morgan fingerprint density at radius 2 is 1.69 bits per heavy atom. The smallest absolute Gasteiger partial charge is 0.308 e. The van der Waals surface area contributed by atoms with Crippen LogP contribution in [0.5, 0.6) is 0 Å². The van der Waals surface area contributed by atoms with E-state index in [9.17, 15) is 19.2 Å². The largest absolute Gasteiger partial charge is 0.456 e. The second kappa shape index (κ2) is 7.97. The Labute approximate surface area is 169 Å². The molecular weight excluding hydrogens is 372 g/mol. The zero-order valence-corrected chi connectivity index (χ0v) is 16.6. The van der Waals surface area contributed by atoms with Gasteiger partial charge in [-0.1, -0.05) is 19.1 Å². The number of amides is 3. The minimum absolute atomic E-state index is 0.0308. The van der Waals surface area contributed by atoms with E-state index < -0.39 is 18.5 Å². The standard InChI is InChI=1S/C22H26N2O5/c1-2-13-3-7-16(8-4-13)23-17(25)12-29-18(26)9-10-24-21(27)19-14-5-6-15(11-14)20(19)22(24)28/h3-4,7-8,14-15,19-20H,2,5-6,9-12H2,1H3,(H,23,25)/t14-,15+,19-,20-/m0/s1. The van der Waals surface area contributed by atoms with Crippen molar-refractivity contribution in [3.8, 4) is 0 Å². The highest BCUT2D eigenvalue weighted by atomic mass is 16.5. The first-order chi connectivity index (χ1) is 14.0. The lowest BCUT2D eigenvalue weighted by Gasteiger charge is -2.19. The summed E-state index contributed by atoms with van der Waals surface area (Å²) in [5.41, 5.74) is 1.80. The average Bonchev–Trinajstić information content (AvgIpc) is 3.40. The molecule has 1 aliphatic heterocycles. The Morgan fingerprint density at radius 3 is 2.28 bits per heavy atom. The van der Waals surface area contributed by atoms with Crippen molar-refractivity contribution in [2.75, 3.05) is 18.5 Å². The first kappa shape index (κ1) is 19.6. The van der Waals surface area contributed by atoms with Gasteiger partial charge in [-0.25, -0.2) is 0 Å². The molecule has 1 heterocycles. The van der Waals surface area contributed by atoms with Gasteiger partial charge in [-0.15, -0.1) is 0 Å². The van der Waals surface area contributed by atoms with Crippen molar-refractivity contribution in [1.82, 2.24) is 4.90 Å². The first-order valence-electron chi connectivity index (χ1n) is 10.4. The van der Waals surface area contributed by atoms with Gasteiger partial charge in [-0.2, -0.15) is 0 Å². The maximum absolute atomic E-state index is 12.6. The highest BCUT2D eigenvalue weighted by molar-refractivity contribution is 6.06. The molecule has 0 spiro atoms. The van der Waals surface area contributed by atoms with E-state index >= 15 is 0 Å². The lowest BCUT2D eigenvalue weighted by molar-refractivity contribution is -0.149. The molecule has 4 rings (SSSR count). The summed E-state index contributed by atoms with van der Waals surface area (Å²) in [6.07, 6.45) is 3.86. The van der Waals surface area contributed by atoms with Crippen LogP contribution in [-0.2, 0) is 30.3 Å². The molecule has 3 aliphatic rings. The van der Waals surface area contributed by atoms with Crippen LogP contribution >= 0.6 is 0 Å². The predicted molar refractivity (Wildman–Crippen MR) is 105 cm³/mol. The van der Waals surface area contributed by atoms with Gasteiger partial charge in [-0.05, 0) is 55.2 Å². The molecule has 0 unspecified atom stereocenters. The van der Waals surface area contributed by atoms with Gasteiger partial charge in [0.1, 0.15) is 0 Å². The number of hydrogen-bond donors (Lipinski definition) is 1. The van der Waals surface area contributed by atoms with Crippen molar-refractivity contribution in [2.24, 2.45) is 23.7 Å². The number of likely N-dealkylation sites (tertiary alicyclic amines) is 1. The zero-order chi connectivity index (χ0) is 20.5. The van der Waals surface area contributed by atoms with Crippen LogP contribution in [0, 0.1) is 23.7 Å². The number of carbonyl (C=O) groups is 4. The molecule has 1 N–H and O–H groups in total. The molecule has 1 saturated heterocycles. The minimum Gasteiger partial charge on any atom is -0.456 e. The quantitative estimate of drug-likeness (QED) is 0.561. The van der Waals surface area contributed by atoms with Gasteiger partial charge in [0.05, 0.1) is 18.3 Å². The first-order valence-corrected chi connectivity index (χ1v) is 10.4. The third kappa shape index (κ3) is 3.78. The monoisotopic (exact) mass is 398 g/mol. The molecule has 29 heavy (non-hydrogen) atoms. The average molecular weight is 398 g/mol. The normalized spacial score (nSPS) is 27.3. The van der Waals surface area contributed by atoms with Gasteiger partial charge in [0.25, 0.3) is 5.91 Å². The molecule has 2 bridgehead atoms. The Balaban J connectivity index is 1.21. The maximum atomic E-state index is 12.6. The van der Waals surface area contributed by atoms with E-state index in [1.54, 1.807) is 12.1 Å². The fourth-order valence-electron chi connectivity index (χ4n) is 5.13. The van der Waals surface area contributed by atoms with Gasteiger partial charge in [0.15, 0.2) is 6.61 Å². The number of aryl methyl sites for hydroxylation is 1. The van der Waals surface area contributed by atoms with E-state index in [2.05, 4.69) is 5.32 Å². The highest BCUT2D eigenvalue weighted by Crippen LogP contribution is 2.56. The van der Waals surface area contributed by atoms with Crippen LogP contribution < -0.4 is 5.32 Å². The molecule has 1 aromatic rings. The van der Waals surface area contributed by atoms with Crippen molar-refractivity contribution < 1.29 is 23.9 Å². The summed E-state index contributed by atoms with van der Waals surface area (Å²) in [6, 6.07) is 7.45. The summed E-state index contributed by atoms with van der Waals surface area (Å²) in [5, 5.41) is 2.67. The molecular formula is C22H26N2O5. The second-order valence-electron chi connectivity index (χ2n) is 8.22. The van der Waals surface area contributed by atoms with Crippen LogP contribution in [0.25, 0.3) is 0 Å². The molecule has 3 fully saturated rings. The molecule has 0 radical (unpaired) electrons. The van der Waals surface area contributed by atoms with Crippen molar-refractivity contribution in [3.63, 3.8) is 0 Å². The summed E-state index contributed by atoms with van der Waals surface area (Å²) in [7, 11) is 0. The minimum atomic E-state index is -0.595. The van der Waals surface area contributed by atoms with Crippen molar-refractivity contribution in [1.29, 1.82) is 0 Å². The fourth-order valence-corrected chi connectivity index (χ4v) is 5.13. The van der Waals surface area contributed by atoms with Crippen LogP contribution in [0.1, 0.15) is 38.2 Å². The molecule has 4 atom stereocenters. The number of hydrogen-bond acceptors (Lipinski definition) is 5. The topological polar surface area (TPSA) is 92.8 Å². The van der Waals surface area contributed by atoms with Crippen LogP contribution in [0.2, 0.25) is 0 Å². The Bertz CT molecular complexity index is 806. The SMILES string of the molecule is CCc1ccc(NC(=O)COC(=O)CCN2C(=O)[C@H]3[C@@H]4CC[C@@H](C4)[C@@H]3C2=O)cc1. The Kier molecular flexibility index (Phi) is 5.39. The van der Waals surface area contributed by atoms with Gasteiger partial charge in [0.2, 0.25) is 11.8 Å².